The summed E-state index contributed by atoms with van der Waals surface area (Å²) in [6.45, 7) is 1.87. The summed E-state index contributed by atoms with van der Waals surface area (Å²) in [5.74, 6) is 1.20. The van der Waals surface area contributed by atoms with Gasteiger partial charge < -0.3 is 14.8 Å². The Morgan fingerprint density at radius 3 is 2.58 bits per heavy atom. The first kappa shape index (κ1) is 15.1. The second kappa shape index (κ2) is 6.19. The zero-order valence-corrected chi connectivity index (χ0v) is 13.7. The number of amides is 1. The number of fused-ring (bicyclic) bond motifs is 2. The van der Waals surface area contributed by atoms with Gasteiger partial charge in [0.1, 0.15) is 6.10 Å². The summed E-state index contributed by atoms with van der Waals surface area (Å²) in [6.07, 6.45) is 2.17. The molecule has 1 aliphatic carbocycles. The lowest BCUT2D eigenvalue weighted by Crippen LogP contribution is -2.50. The maximum absolute atomic E-state index is 12.8. The summed E-state index contributed by atoms with van der Waals surface area (Å²) in [6, 6.07) is 15.9. The van der Waals surface area contributed by atoms with Crippen LogP contribution in [0.3, 0.4) is 0 Å². The molecule has 1 N–H and O–H groups in total. The van der Waals surface area contributed by atoms with Gasteiger partial charge >= 0.3 is 0 Å². The lowest BCUT2D eigenvalue weighted by molar-refractivity contribution is -0.134. The fraction of sp³-hybridized carbons (Fsp3) is 0.350. The van der Waals surface area contributed by atoms with Crippen LogP contribution in [0.15, 0.2) is 48.5 Å². The van der Waals surface area contributed by atoms with Gasteiger partial charge in [0.25, 0.3) is 5.91 Å². The predicted octanol–water partition coefficient (Wildman–Crippen LogP) is 3.41. The second-order valence-corrected chi connectivity index (χ2v) is 6.46. The van der Waals surface area contributed by atoms with Crippen molar-refractivity contribution in [1.82, 2.24) is 5.32 Å². The molecule has 0 aromatic heterocycles. The molecule has 0 unspecified atom stereocenters. The van der Waals surface area contributed by atoms with Crippen LogP contribution in [0, 0.1) is 0 Å². The van der Waals surface area contributed by atoms with Gasteiger partial charge in [-0.15, -0.1) is 0 Å². The van der Waals surface area contributed by atoms with Gasteiger partial charge in [-0.05, 0) is 49.4 Å². The van der Waals surface area contributed by atoms with Gasteiger partial charge in [-0.25, -0.2) is 0 Å². The monoisotopic (exact) mass is 323 g/mol. The first-order chi connectivity index (χ1) is 11.7. The summed E-state index contributed by atoms with van der Waals surface area (Å²) < 4.78 is 11.7. The highest BCUT2D eigenvalue weighted by Crippen LogP contribution is 2.34. The highest BCUT2D eigenvalue weighted by molar-refractivity contribution is 5.82. The van der Waals surface area contributed by atoms with Gasteiger partial charge in [-0.1, -0.05) is 36.4 Å². The van der Waals surface area contributed by atoms with Crippen LogP contribution in [-0.4, -0.2) is 18.1 Å². The van der Waals surface area contributed by atoms with E-state index in [1.54, 1.807) is 0 Å². The lowest BCUT2D eigenvalue weighted by atomic mass is 9.87. The number of hydrogen-bond acceptors (Lipinski definition) is 3. The highest BCUT2D eigenvalue weighted by atomic mass is 16.6. The lowest BCUT2D eigenvalue weighted by Gasteiger charge is -2.33. The Hall–Kier alpha value is -2.49. The Balaban J connectivity index is 1.51. The first-order valence-corrected chi connectivity index (χ1v) is 8.53. The second-order valence-electron chi connectivity index (χ2n) is 6.46. The van der Waals surface area contributed by atoms with E-state index in [1.165, 1.54) is 11.1 Å². The van der Waals surface area contributed by atoms with E-state index >= 15 is 0 Å². The summed E-state index contributed by atoms with van der Waals surface area (Å²) in [4.78, 5) is 12.8. The SMILES string of the molecule is C[C@@H]1Oc2ccccc2O[C@H]1C(=O)N[C@@H]1CCCc2ccccc21. The van der Waals surface area contributed by atoms with E-state index < -0.39 is 6.10 Å². The molecule has 24 heavy (non-hydrogen) atoms. The molecule has 0 saturated heterocycles. The van der Waals surface area contributed by atoms with Gasteiger partial charge in [-0.2, -0.15) is 0 Å². The number of aryl methyl sites for hydroxylation is 1. The fourth-order valence-electron chi connectivity index (χ4n) is 3.56. The van der Waals surface area contributed by atoms with E-state index in [0.717, 1.165) is 19.3 Å². The van der Waals surface area contributed by atoms with E-state index in [9.17, 15) is 4.79 Å². The van der Waals surface area contributed by atoms with Crippen molar-refractivity contribution in [3.63, 3.8) is 0 Å². The molecular weight excluding hydrogens is 302 g/mol. The average Bonchev–Trinajstić information content (AvgIpc) is 2.61. The maximum atomic E-state index is 12.8. The van der Waals surface area contributed by atoms with Crippen molar-refractivity contribution in [2.24, 2.45) is 0 Å². The van der Waals surface area contributed by atoms with Crippen LogP contribution < -0.4 is 14.8 Å². The molecule has 1 amide bonds. The summed E-state index contributed by atoms with van der Waals surface area (Å²) in [7, 11) is 0. The number of carbonyl (C=O) groups is 1. The van der Waals surface area contributed by atoms with Crippen molar-refractivity contribution in [2.45, 2.75) is 44.4 Å². The fourth-order valence-corrected chi connectivity index (χ4v) is 3.56. The van der Waals surface area contributed by atoms with Crippen LogP contribution in [-0.2, 0) is 11.2 Å². The Kier molecular flexibility index (Phi) is 3.89. The van der Waals surface area contributed by atoms with Crippen molar-refractivity contribution in [1.29, 1.82) is 0 Å². The number of ether oxygens (including phenoxy) is 2. The predicted molar refractivity (Wildman–Crippen MR) is 91.2 cm³/mol. The van der Waals surface area contributed by atoms with Crippen LogP contribution in [0.25, 0.3) is 0 Å². The minimum absolute atomic E-state index is 0.0513. The van der Waals surface area contributed by atoms with Gasteiger partial charge in [0.2, 0.25) is 6.10 Å². The molecule has 0 spiro atoms. The van der Waals surface area contributed by atoms with Crippen LogP contribution in [0.5, 0.6) is 11.5 Å². The van der Waals surface area contributed by atoms with Crippen molar-refractivity contribution in [2.75, 3.05) is 0 Å². The first-order valence-electron chi connectivity index (χ1n) is 8.53. The molecule has 1 aliphatic heterocycles. The molecule has 0 fully saturated rings. The van der Waals surface area contributed by atoms with E-state index in [2.05, 4.69) is 23.5 Å². The smallest absolute Gasteiger partial charge is 0.265 e. The van der Waals surface area contributed by atoms with Gasteiger partial charge in [0.05, 0.1) is 6.04 Å². The number of benzene rings is 2. The summed E-state index contributed by atoms with van der Waals surface area (Å²) in [5.41, 5.74) is 2.55. The summed E-state index contributed by atoms with van der Waals surface area (Å²) in [5, 5.41) is 3.16. The van der Waals surface area contributed by atoms with E-state index in [0.29, 0.717) is 11.5 Å². The number of para-hydroxylation sites is 2. The zero-order valence-electron chi connectivity index (χ0n) is 13.7. The topological polar surface area (TPSA) is 47.6 Å². The van der Waals surface area contributed by atoms with Crippen molar-refractivity contribution in [3.8, 4) is 11.5 Å². The third kappa shape index (κ3) is 2.73. The van der Waals surface area contributed by atoms with E-state index in [4.69, 9.17) is 9.47 Å². The van der Waals surface area contributed by atoms with Crippen LogP contribution in [0.4, 0.5) is 0 Å². The molecule has 124 valence electrons. The minimum Gasteiger partial charge on any atom is -0.482 e. The normalized spacial score (nSPS) is 24.8. The van der Waals surface area contributed by atoms with E-state index in [-0.39, 0.29) is 18.1 Å². The standard InChI is InChI=1S/C20H21NO3/c1-13-19(24-18-12-5-4-11-17(18)23-13)20(22)21-16-10-6-8-14-7-2-3-9-15(14)16/h2-5,7,9,11-13,16,19H,6,8,10H2,1H3,(H,21,22)/t13-,16+,19+/m0/s1. The van der Waals surface area contributed by atoms with Crippen molar-refractivity contribution < 1.29 is 14.3 Å². The van der Waals surface area contributed by atoms with Crippen LogP contribution >= 0.6 is 0 Å². The third-order valence-electron chi connectivity index (χ3n) is 4.79. The minimum atomic E-state index is -0.631. The number of nitrogens with one attached hydrogen (secondary N) is 1. The summed E-state index contributed by atoms with van der Waals surface area (Å²) >= 11 is 0. The highest BCUT2D eigenvalue weighted by Gasteiger charge is 2.35. The molecule has 4 heteroatoms. The maximum Gasteiger partial charge on any atom is 0.265 e. The van der Waals surface area contributed by atoms with Gasteiger partial charge in [0.15, 0.2) is 11.5 Å². The Labute approximate surface area is 141 Å². The zero-order chi connectivity index (χ0) is 16.5. The average molecular weight is 323 g/mol. The largest absolute Gasteiger partial charge is 0.482 e. The van der Waals surface area contributed by atoms with Crippen molar-refractivity contribution >= 4 is 5.91 Å². The molecule has 3 atom stereocenters. The van der Waals surface area contributed by atoms with Crippen LogP contribution in [0.2, 0.25) is 0 Å². The van der Waals surface area contributed by atoms with Gasteiger partial charge in [-0.3, -0.25) is 4.79 Å². The number of hydrogen-bond donors (Lipinski definition) is 1. The van der Waals surface area contributed by atoms with E-state index in [1.807, 2.05) is 37.3 Å². The Morgan fingerprint density at radius 1 is 1.04 bits per heavy atom. The molecule has 2 aliphatic rings. The molecule has 4 rings (SSSR count). The molecule has 2 aromatic carbocycles. The Morgan fingerprint density at radius 2 is 1.75 bits per heavy atom. The molecule has 4 nitrogen and oxygen atoms in total. The van der Waals surface area contributed by atoms with Gasteiger partial charge in [0, 0.05) is 0 Å². The Bertz CT molecular complexity index is 758. The number of carbonyl (C=O) groups excluding carboxylic acids is 1. The molecule has 0 bridgehead atoms. The van der Waals surface area contributed by atoms with Crippen LogP contribution in [0.1, 0.15) is 36.9 Å². The third-order valence-corrected chi connectivity index (χ3v) is 4.79. The van der Waals surface area contributed by atoms with Crippen molar-refractivity contribution in [3.05, 3.63) is 59.7 Å². The molecule has 1 heterocycles. The molecule has 0 saturated carbocycles. The molecular formula is C20H21NO3. The number of rotatable bonds is 2. The quantitative estimate of drug-likeness (QED) is 0.921. The molecule has 2 aromatic rings. The molecule has 0 radical (unpaired) electrons.